The zero-order valence-electron chi connectivity index (χ0n) is 19.2. The number of hydrogen-bond acceptors (Lipinski definition) is 3. The van der Waals surface area contributed by atoms with Crippen LogP contribution in [0.4, 0.5) is 8.78 Å². The lowest BCUT2D eigenvalue weighted by molar-refractivity contribution is -0.135. The lowest BCUT2D eigenvalue weighted by atomic mass is 9.95. The van der Waals surface area contributed by atoms with Crippen LogP contribution in [-0.2, 0) is 14.4 Å². The maximum Gasteiger partial charge on any atom is 0.273 e. The van der Waals surface area contributed by atoms with Gasteiger partial charge < -0.3 is 4.79 Å². The molecule has 0 unspecified atom stereocenters. The molecular weight excluding hydrogens is 400 g/mol. The summed E-state index contributed by atoms with van der Waals surface area (Å²) in [6, 6.07) is 0. The third-order valence-corrected chi connectivity index (χ3v) is 4.55. The van der Waals surface area contributed by atoms with Crippen molar-refractivity contribution in [1.29, 1.82) is 0 Å². The van der Waals surface area contributed by atoms with Crippen LogP contribution in [0, 0.1) is 0 Å². The molecule has 0 aromatic heterocycles. The topological polar surface area (TPSA) is 54.5 Å². The van der Waals surface area contributed by atoms with Crippen LogP contribution in [0.2, 0.25) is 0 Å². The Morgan fingerprint density at radius 2 is 1.42 bits per heavy atom. The van der Waals surface area contributed by atoms with Crippen LogP contribution < -0.4 is 0 Å². The molecule has 0 atom stereocenters. The van der Waals surface area contributed by atoms with Gasteiger partial charge in [0.15, 0.2) is 0 Å². The summed E-state index contributed by atoms with van der Waals surface area (Å²) < 4.78 is 27.5. The van der Waals surface area contributed by atoms with Gasteiger partial charge in [-0.2, -0.15) is 0 Å². The highest BCUT2D eigenvalue weighted by molar-refractivity contribution is 6.18. The molecule has 31 heavy (non-hydrogen) atoms. The lowest BCUT2D eigenvalue weighted by Crippen LogP contribution is -2.26. The van der Waals surface area contributed by atoms with Gasteiger partial charge in [-0.05, 0) is 46.6 Å². The number of imide groups is 1. The average Bonchev–Trinajstić information content (AvgIpc) is 2.82. The van der Waals surface area contributed by atoms with Gasteiger partial charge in [-0.25, -0.2) is 8.78 Å². The maximum atomic E-state index is 13.8. The molecule has 174 valence electrons. The lowest BCUT2D eigenvalue weighted by Gasteiger charge is -2.19. The van der Waals surface area contributed by atoms with Crippen molar-refractivity contribution in [3.63, 3.8) is 0 Å². The monoisotopic (exact) mass is 437 g/mol. The molecule has 0 bridgehead atoms. The van der Waals surface area contributed by atoms with Gasteiger partial charge in [0.1, 0.15) is 5.78 Å². The molecule has 0 aromatic rings. The SMILES string of the molecule is C.CC(C)=O.CC1=C(C)C(=O)N(C)C1=O.CCC1=C(C(F)(F)CC)/C=C\C(C)=C\C=C\1. The number of nitrogens with zero attached hydrogens (tertiary/aromatic N) is 1. The van der Waals surface area contributed by atoms with E-state index in [1.54, 1.807) is 32.1 Å². The van der Waals surface area contributed by atoms with Gasteiger partial charge in [-0.3, -0.25) is 14.5 Å². The highest BCUT2D eigenvalue weighted by atomic mass is 19.3. The number of hydrogen-bond donors (Lipinski definition) is 0. The summed E-state index contributed by atoms with van der Waals surface area (Å²) in [5.41, 5.74) is 2.98. The average molecular weight is 438 g/mol. The van der Waals surface area contributed by atoms with Gasteiger partial charge in [0.2, 0.25) is 0 Å². The minimum atomic E-state index is -2.73. The van der Waals surface area contributed by atoms with Gasteiger partial charge in [0.25, 0.3) is 17.7 Å². The first kappa shape index (κ1) is 30.6. The Kier molecular flexibility index (Phi) is 13.4. The molecule has 2 aliphatic rings. The molecule has 0 spiro atoms. The van der Waals surface area contributed by atoms with Crippen molar-refractivity contribution in [1.82, 2.24) is 4.90 Å². The number of carbonyl (C=O) groups is 3. The summed E-state index contributed by atoms with van der Waals surface area (Å²) in [6.45, 7) is 11.7. The summed E-state index contributed by atoms with van der Waals surface area (Å²) >= 11 is 0. The number of Topliss-reactive ketones (excluding diaryl/α,β-unsaturated/α-hetero) is 1. The molecule has 0 fully saturated rings. The summed E-state index contributed by atoms with van der Waals surface area (Å²) in [6.07, 6.45) is 9.31. The first-order valence-corrected chi connectivity index (χ1v) is 9.91. The molecule has 0 saturated heterocycles. The molecule has 2 amide bonds. The number of amides is 2. The maximum absolute atomic E-state index is 13.8. The molecule has 0 radical (unpaired) electrons. The van der Waals surface area contributed by atoms with Crippen LogP contribution in [0.15, 0.2) is 58.2 Å². The van der Waals surface area contributed by atoms with E-state index in [2.05, 4.69) is 0 Å². The molecule has 2 rings (SSSR count). The van der Waals surface area contributed by atoms with Crippen LogP contribution in [-0.4, -0.2) is 35.5 Å². The molecule has 0 N–H and O–H groups in total. The molecule has 1 aliphatic carbocycles. The Hall–Kier alpha value is -2.63. The number of likely N-dealkylation sites (N-methyl/N-ethyl adjacent to an activating group) is 1. The largest absolute Gasteiger partial charge is 0.300 e. The zero-order valence-corrected chi connectivity index (χ0v) is 19.2. The standard InChI is InChI=1S/C14H18F2.C7H9NO2.C3H6O.CH4/c1-4-12-8-6-7-11(3)9-10-13(12)14(15,16)5-2;1-4-5(2)7(10)8(3)6(4)9;1-3(2)4;/h6-10H,4-5H2,1-3H3;1-3H3;1-2H3;1H4/b7-6?,8-6+,10-9-,11-7+,11-9?,12-8?,13-10?,13-12+;;;. The zero-order chi connectivity index (χ0) is 23.6. The molecule has 1 aliphatic heterocycles. The van der Waals surface area contributed by atoms with Gasteiger partial charge >= 0.3 is 0 Å². The molecule has 0 saturated carbocycles. The summed E-state index contributed by atoms with van der Waals surface area (Å²) in [5.74, 6) is -2.92. The highest BCUT2D eigenvalue weighted by Crippen LogP contribution is 2.33. The van der Waals surface area contributed by atoms with Crippen LogP contribution in [0.3, 0.4) is 0 Å². The van der Waals surface area contributed by atoms with Crippen molar-refractivity contribution >= 4 is 17.6 Å². The quantitative estimate of drug-likeness (QED) is 0.483. The van der Waals surface area contributed by atoms with E-state index in [1.807, 2.05) is 26.0 Å². The Balaban J connectivity index is 0. The smallest absolute Gasteiger partial charge is 0.273 e. The van der Waals surface area contributed by atoms with E-state index in [-0.39, 0.29) is 37.0 Å². The number of ketones is 1. The molecular formula is C25H37F2NO3. The van der Waals surface area contributed by atoms with Crippen molar-refractivity contribution in [3.8, 4) is 0 Å². The highest BCUT2D eigenvalue weighted by Gasteiger charge is 2.32. The molecule has 6 heteroatoms. The predicted octanol–water partition coefficient (Wildman–Crippen LogP) is 6.36. The molecule has 1 heterocycles. The van der Waals surface area contributed by atoms with Crippen LogP contribution in [0.25, 0.3) is 0 Å². The molecule has 0 aromatic carbocycles. The summed E-state index contributed by atoms with van der Waals surface area (Å²) in [4.78, 5) is 32.5. The Bertz CT molecular complexity index is 800. The van der Waals surface area contributed by atoms with Crippen molar-refractivity contribution in [3.05, 3.63) is 58.2 Å². The normalized spacial score (nSPS) is 22.0. The van der Waals surface area contributed by atoms with Crippen LogP contribution in [0.5, 0.6) is 0 Å². The fraction of sp³-hybridized carbons (Fsp3) is 0.480. The first-order valence-electron chi connectivity index (χ1n) is 9.91. The second-order valence-corrected chi connectivity index (χ2v) is 7.28. The van der Waals surface area contributed by atoms with Crippen LogP contribution >= 0.6 is 0 Å². The third-order valence-electron chi connectivity index (χ3n) is 4.55. The first-order chi connectivity index (χ1) is 13.8. The van der Waals surface area contributed by atoms with Crippen molar-refractivity contribution in [2.24, 2.45) is 0 Å². The van der Waals surface area contributed by atoms with E-state index >= 15 is 0 Å². The van der Waals surface area contributed by atoms with E-state index in [0.717, 1.165) is 10.5 Å². The number of carbonyl (C=O) groups excluding carboxylic acids is 3. The van der Waals surface area contributed by atoms with Gasteiger partial charge in [-0.15, -0.1) is 0 Å². The minimum Gasteiger partial charge on any atom is -0.300 e. The minimum absolute atomic E-state index is 0. The van der Waals surface area contributed by atoms with Gasteiger partial charge in [-0.1, -0.05) is 57.2 Å². The fourth-order valence-corrected chi connectivity index (χ4v) is 2.55. The Morgan fingerprint density at radius 1 is 0.968 bits per heavy atom. The van der Waals surface area contributed by atoms with E-state index in [9.17, 15) is 23.2 Å². The fourth-order valence-electron chi connectivity index (χ4n) is 2.55. The van der Waals surface area contributed by atoms with E-state index in [4.69, 9.17) is 0 Å². The predicted molar refractivity (Wildman–Crippen MR) is 124 cm³/mol. The van der Waals surface area contributed by atoms with E-state index < -0.39 is 5.92 Å². The number of rotatable bonds is 3. The van der Waals surface area contributed by atoms with Crippen molar-refractivity contribution in [2.75, 3.05) is 7.05 Å². The van der Waals surface area contributed by atoms with E-state index in [0.29, 0.717) is 23.1 Å². The summed E-state index contributed by atoms with van der Waals surface area (Å²) in [7, 11) is 1.49. The van der Waals surface area contributed by atoms with Gasteiger partial charge in [0, 0.05) is 30.2 Å². The number of allylic oxidation sites excluding steroid dienone is 8. The van der Waals surface area contributed by atoms with Crippen molar-refractivity contribution < 1.29 is 23.2 Å². The second kappa shape index (κ2) is 13.6. The third kappa shape index (κ3) is 9.37. The van der Waals surface area contributed by atoms with Crippen LogP contribution in [0.1, 0.15) is 68.7 Å². The van der Waals surface area contributed by atoms with E-state index in [1.165, 1.54) is 27.8 Å². The Labute approximate surface area is 186 Å². The summed E-state index contributed by atoms with van der Waals surface area (Å²) in [5, 5.41) is 0. The second-order valence-electron chi connectivity index (χ2n) is 7.28. The molecule has 4 nitrogen and oxygen atoms in total. The number of alkyl halides is 2. The van der Waals surface area contributed by atoms with Gasteiger partial charge in [0.05, 0.1) is 0 Å². The number of halogens is 2. The Morgan fingerprint density at radius 3 is 1.74 bits per heavy atom. The van der Waals surface area contributed by atoms with Crippen molar-refractivity contribution in [2.45, 2.75) is 74.7 Å².